The third-order valence-electron chi connectivity index (χ3n) is 2.62. The standard InChI is InChI=1S/C14H23N3O3/c1-3-16-13-5-7-15-11-12(13)14(18)17-6-4-8-20-10-9-19-2/h5,7,11H,3-4,6,8-10H2,1-2H3,(H,15,16)(H,17,18). The molecule has 6 nitrogen and oxygen atoms in total. The molecule has 0 aliphatic heterocycles. The molecule has 112 valence electrons. The van der Waals surface area contributed by atoms with Crippen molar-refractivity contribution in [1.82, 2.24) is 10.3 Å². The van der Waals surface area contributed by atoms with E-state index in [1.165, 1.54) is 0 Å². The van der Waals surface area contributed by atoms with Crippen molar-refractivity contribution in [2.45, 2.75) is 13.3 Å². The van der Waals surface area contributed by atoms with E-state index in [0.29, 0.717) is 31.9 Å². The van der Waals surface area contributed by atoms with Crippen molar-refractivity contribution in [2.24, 2.45) is 0 Å². The first-order valence-corrected chi connectivity index (χ1v) is 6.82. The number of amides is 1. The van der Waals surface area contributed by atoms with Gasteiger partial charge in [0.15, 0.2) is 0 Å². The lowest BCUT2D eigenvalue weighted by molar-refractivity contribution is 0.0688. The minimum Gasteiger partial charge on any atom is -0.385 e. The lowest BCUT2D eigenvalue weighted by Crippen LogP contribution is -2.26. The summed E-state index contributed by atoms with van der Waals surface area (Å²) in [6, 6.07) is 1.80. The van der Waals surface area contributed by atoms with Crippen LogP contribution in [0.3, 0.4) is 0 Å². The molecular formula is C14H23N3O3. The van der Waals surface area contributed by atoms with Gasteiger partial charge in [0, 0.05) is 39.2 Å². The molecule has 0 saturated heterocycles. The molecule has 1 rings (SSSR count). The van der Waals surface area contributed by atoms with Crippen LogP contribution in [0.15, 0.2) is 18.5 Å². The first kappa shape index (κ1) is 16.4. The first-order valence-electron chi connectivity index (χ1n) is 6.82. The molecule has 0 radical (unpaired) electrons. The van der Waals surface area contributed by atoms with Gasteiger partial charge in [0.1, 0.15) is 0 Å². The van der Waals surface area contributed by atoms with Crippen LogP contribution in [0.5, 0.6) is 0 Å². The number of rotatable bonds is 10. The molecule has 0 saturated carbocycles. The fourth-order valence-electron chi connectivity index (χ4n) is 1.64. The Morgan fingerprint density at radius 1 is 1.35 bits per heavy atom. The molecule has 1 heterocycles. The van der Waals surface area contributed by atoms with Crippen LogP contribution in [0.2, 0.25) is 0 Å². The van der Waals surface area contributed by atoms with Crippen molar-refractivity contribution in [1.29, 1.82) is 0 Å². The Hall–Kier alpha value is -1.66. The highest BCUT2D eigenvalue weighted by Gasteiger charge is 2.10. The molecule has 0 spiro atoms. The van der Waals surface area contributed by atoms with Crippen molar-refractivity contribution >= 4 is 11.6 Å². The quantitative estimate of drug-likeness (QED) is 0.632. The van der Waals surface area contributed by atoms with E-state index in [1.807, 2.05) is 6.92 Å². The summed E-state index contributed by atoms with van der Waals surface area (Å²) in [5.41, 5.74) is 1.37. The topological polar surface area (TPSA) is 72.5 Å². The molecule has 0 unspecified atom stereocenters. The van der Waals surface area contributed by atoms with E-state index in [0.717, 1.165) is 18.7 Å². The second-order valence-corrected chi connectivity index (χ2v) is 4.17. The molecule has 1 aromatic rings. The van der Waals surface area contributed by atoms with Gasteiger partial charge >= 0.3 is 0 Å². The fraction of sp³-hybridized carbons (Fsp3) is 0.571. The number of carbonyl (C=O) groups is 1. The van der Waals surface area contributed by atoms with Crippen LogP contribution in [0.1, 0.15) is 23.7 Å². The molecule has 0 atom stereocenters. The summed E-state index contributed by atoms with van der Waals surface area (Å²) in [7, 11) is 1.64. The Balaban J connectivity index is 2.29. The van der Waals surface area contributed by atoms with Gasteiger partial charge in [-0.2, -0.15) is 0 Å². The third-order valence-corrected chi connectivity index (χ3v) is 2.62. The second kappa shape index (κ2) is 10.2. The van der Waals surface area contributed by atoms with Crippen LogP contribution in [-0.4, -0.2) is 50.9 Å². The second-order valence-electron chi connectivity index (χ2n) is 4.17. The van der Waals surface area contributed by atoms with Crippen molar-refractivity contribution in [3.63, 3.8) is 0 Å². The van der Waals surface area contributed by atoms with E-state index in [-0.39, 0.29) is 5.91 Å². The number of carbonyl (C=O) groups excluding carboxylic acids is 1. The number of nitrogens with one attached hydrogen (secondary N) is 2. The summed E-state index contributed by atoms with van der Waals surface area (Å²) in [6.45, 7) is 5.10. The predicted octanol–water partition coefficient (Wildman–Crippen LogP) is 1.30. The summed E-state index contributed by atoms with van der Waals surface area (Å²) in [5.74, 6) is -0.119. The zero-order chi connectivity index (χ0) is 14.6. The average Bonchev–Trinajstić information content (AvgIpc) is 2.47. The van der Waals surface area contributed by atoms with Crippen LogP contribution in [0.25, 0.3) is 0 Å². The zero-order valence-electron chi connectivity index (χ0n) is 12.1. The lowest BCUT2D eigenvalue weighted by Gasteiger charge is -2.10. The minimum absolute atomic E-state index is 0.119. The Morgan fingerprint density at radius 3 is 2.95 bits per heavy atom. The zero-order valence-corrected chi connectivity index (χ0v) is 12.1. The van der Waals surface area contributed by atoms with Gasteiger partial charge in [0.25, 0.3) is 5.91 Å². The summed E-state index contributed by atoms with van der Waals surface area (Å²) in [5, 5.41) is 6.00. The van der Waals surface area contributed by atoms with Crippen molar-refractivity contribution < 1.29 is 14.3 Å². The maximum Gasteiger partial charge on any atom is 0.254 e. The van der Waals surface area contributed by atoms with Gasteiger partial charge in [0.05, 0.1) is 24.5 Å². The molecule has 0 bridgehead atoms. The maximum atomic E-state index is 12.0. The molecule has 20 heavy (non-hydrogen) atoms. The van der Waals surface area contributed by atoms with E-state index in [2.05, 4.69) is 15.6 Å². The predicted molar refractivity (Wildman–Crippen MR) is 78.0 cm³/mol. The van der Waals surface area contributed by atoms with E-state index in [1.54, 1.807) is 25.6 Å². The molecule has 0 fully saturated rings. The first-order chi connectivity index (χ1) is 9.79. The van der Waals surface area contributed by atoms with Crippen LogP contribution >= 0.6 is 0 Å². The monoisotopic (exact) mass is 281 g/mol. The number of hydrogen-bond donors (Lipinski definition) is 2. The fourth-order valence-corrected chi connectivity index (χ4v) is 1.64. The summed E-state index contributed by atoms with van der Waals surface area (Å²) in [4.78, 5) is 16.0. The summed E-state index contributed by atoms with van der Waals surface area (Å²) < 4.78 is 10.2. The van der Waals surface area contributed by atoms with E-state index >= 15 is 0 Å². The van der Waals surface area contributed by atoms with E-state index < -0.39 is 0 Å². The number of aromatic nitrogens is 1. The molecule has 6 heteroatoms. The molecular weight excluding hydrogens is 258 g/mol. The molecule has 1 aromatic heterocycles. The third kappa shape index (κ3) is 5.99. The number of nitrogens with zero attached hydrogens (tertiary/aromatic N) is 1. The largest absolute Gasteiger partial charge is 0.385 e. The lowest BCUT2D eigenvalue weighted by atomic mass is 10.2. The van der Waals surface area contributed by atoms with E-state index in [4.69, 9.17) is 9.47 Å². The van der Waals surface area contributed by atoms with Gasteiger partial charge in [-0.25, -0.2) is 0 Å². The Bertz CT molecular complexity index is 399. The van der Waals surface area contributed by atoms with Gasteiger partial charge in [-0.1, -0.05) is 0 Å². The van der Waals surface area contributed by atoms with Gasteiger partial charge in [0.2, 0.25) is 0 Å². The SMILES string of the molecule is CCNc1ccncc1C(=O)NCCCOCCOC. The van der Waals surface area contributed by atoms with Gasteiger partial charge < -0.3 is 20.1 Å². The van der Waals surface area contributed by atoms with Crippen molar-refractivity contribution in [2.75, 3.05) is 45.3 Å². The van der Waals surface area contributed by atoms with Crippen LogP contribution in [-0.2, 0) is 9.47 Å². The summed E-state index contributed by atoms with van der Waals surface area (Å²) in [6.07, 6.45) is 4.01. The Morgan fingerprint density at radius 2 is 2.20 bits per heavy atom. The normalized spacial score (nSPS) is 10.3. The molecule has 0 aromatic carbocycles. The number of hydrogen-bond acceptors (Lipinski definition) is 5. The molecule has 0 aliphatic carbocycles. The number of pyridine rings is 1. The van der Waals surface area contributed by atoms with E-state index in [9.17, 15) is 4.79 Å². The Kier molecular flexibility index (Phi) is 8.33. The van der Waals surface area contributed by atoms with Crippen LogP contribution < -0.4 is 10.6 Å². The highest BCUT2D eigenvalue weighted by Crippen LogP contribution is 2.12. The average molecular weight is 281 g/mol. The van der Waals surface area contributed by atoms with Gasteiger partial charge in [-0.15, -0.1) is 0 Å². The molecule has 1 amide bonds. The van der Waals surface area contributed by atoms with Crippen LogP contribution in [0, 0.1) is 0 Å². The smallest absolute Gasteiger partial charge is 0.254 e. The maximum absolute atomic E-state index is 12.0. The van der Waals surface area contributed by atoms with Crippen molar-refractivity contribution in [3.8, 4) is 0 Å². The van der Waals surface area contributed by atoms with Gasteiger partial charge in [-0.3, -0.25) is 9.78 Å². The van der Waals surface area contributed by atoms with Gasteiger partial charge in [-0.05, 0) is 19.4 Å². The number of ether oxygens (including phenoxy) is 2. The molecule has 2 N–H and O–H groups in total. The Labute approximate surface area is 119 Å². The minimum atomic E-state index is -0.119. The summed E-state index contributed by atoms with van der Waals surface area (Å²) >= 11 is 0. The number of anilines is 1. The molecule has 0 aliphatic rings. The number of methoxy groups -OCH3 is 1. The highest BCUT2D eigenvalue weighted by molar-refractivity contribution is 5.99. The highest BCUT2D eigenvalue weighted by atomic mass is 16.5. The van der Waals surface area contributed by atoms with Crippen LogP contribution in [0.4, 0.5) is 5.69 Å². The van der Waals surface area contributed by atoms with Crippen molar-refractivity contribution in [3.05, 3.63) is 24.0 Å².